The third-order valence-electron chi connectivity index (χ3n) is 4.59. The van der Waals surface area contributed by atoms with Crippen molar-refractivity contribution in [3.05, 3.63) is 77.1 Å². The first-order chi connectivity index (χ1) is 13.5. The minimum absolute atomic E-state index is 0. The Balaban J connectivity index is 0.00000300. The Labute approximate surface area is 196 Å². The van der Waals surface area contributed by atoms with Gasteiger partial charge >= 0.3 is 29.6 Å². The van der Waals surface area contributed by atoms with Gasteiger partial charge in [0.05, 0.1) is 30.5 Å². The Bertz CT molecular complexity index is 939. The van der Waals surface area contributed by atoms with Crippen LogP contribution in [0.5, 0.6) is 0 Å². The molecule has 0 aliphatic carbocycles. The number of nitrogens with zero attached hydrogens (tertiary/aromatic N) is 2. The minimum atomic E-state index is -1.17. The Morgan fingerprint density at radius 1 is 1.24 bits per heavy atom. The fourth-order valence-corrected chi connectivity index (χ4v) is 3.64. The number of aliphatic carboxylic acids is 1. The molecule has 2 N–H and O–H groups in total. The van der Waals surface area contributed by atoms with Crippen LogP contribution in [0, 0.1) is 6.92 Å². The second-order valence-corrected chi connectivity index (χ2v) is 7.20. The topological polar surface area (TPSA) is 90.2 Å². The molecule has 0 spiro atoms. The van der Waals surface area contributed by atoms with E-state index >= 15 is 0 Å². The molecule has 29 heavy (non-hydrogen) atoms. The van der Waals surface area contributed by atoms with Gasteiger partial charge in [-0.2, -0.15) is 0 Å². The number of aryl methyl sites for hydroxylation is 1. The number of hydrogen-bond donors (Lipinski definition) is 2. The van der Waals surface area contributed by atoms with Gasteiger partial charge in [0.25, 0.3) is 0 Å². The van der Waals surface area contributed by atoms with Crippen molar-refractivity contribution in [2.24, 2.45) is 0 Å². The number of benzene rings is 2. The van der Waals surface area contributed by atoms with E-state index in [9.17, 15) is 15.0 Å². The van der Waals surface area contributed by atoms with Crippen LogP contribution < -0.4 is 40.0 Å². The van der Waals surface area contributed by atoms with Gasteiger partial charge in [0.15, 0.2) is 5.16 Å². The van der Waals surface area contributed by atoms with Gasteiger partial charge in [0.2, 0.25) is 0 Å². The summed E-state index contributed by atoms with van der Waals surface area (Å²) in [6, 6.07) is 14.0. The van der Waals surface area contributed by atoms with Crippen LogP contribution in [0.15, 0.2) is 59.9 Å². The molecule has 1 aromatic heterocycles. The standard InChI is InChI=1S/C21H23N3O3S.Na/c1-14-5-3-4-6-18(14)19(20(26)27)23-16-9-7-15(8-10-16)12-24-17(13-25)11-22-21(24)28-2;/h3-11,19,23,25H,12-13H2,1-2H3,(H,26,27);/q;+1/p-1. The van der Waals surface area contributed by atoms with Gasteiger partial charge in [0, 0.05) is 12.2 Å². The number of rotatable bonds is 8. The maximum atomic E-state index is 11.7. The van der Waals surface area contributed by atoms with E-state index in [-0.39, 0.29) is 36.2 Å². The fraction of sp³-hybridized carbons (Fsp3) is 0.238. The average Bonchev–Trinajstić information content (AvgIpc) is 3.09. The van der Waals surface area contributed by atoms with Crippen molar-refractivity contribution in [1.29, 1.82) is 0 Å². The maximum Gasteiger partial charge on any atom is 1.00 e. The van der Waals surface area contributed by atoms with Crippen LogP contribution in [-0.4, -0.2) is 26.9 Å². The minimum Gasteiger partial charge on any atom is -0.548 e. The zero-order valence-electron chi connectivity index (χ0n) is 16.8. The van der Waals surface area contributed by atoms with Crippen molar-refractivity contribution in [3.8, 4) is 0 Å². The number of carboxylic acid groups (broad SMARTS) is 1. The predicted molar refractivity (Wildman–Crippen MR) is 108 cm³/mol. The van der Waals surface area contributed by atoms with E-state index in [1.54, 1.807) is 12.3 Å². The number of aliphatic hydroxyl groups excluding tert-OH is 1. The molecule has 146 valence electrons. The van der Waals surface area contributed by atoms with Crippen molar-refractivity contribution < 1.29 is 44.6 Å². The van der Waals surface area contributed by atoms with Crippen molar-refractivity contribution in [2.45, 2.75) is 31.3 Å². The fourth-order valence-electron chi connectivity index (χ4n) is 3.08. The monoisotopic (exact) mass is 419 g/mol. The molecule has 6 nitrogen and oxygen atoms in total. The van der Waals surface area contributed by atoms with Crippen LogP contribution in [-0.2, 0) is 17.9 Å². The van der Waals surface area contributed by atoms with Crippen LogP contribution in [0.3, 0.4) is 0 Å². The summed E-state index contributed by atoms with van der Waals surface area (Å²) in [5, 5.41) is 25.0. The summed E-state index contributed by atoms with van der Waals surface area (Å²) >= 11 is 1.52. The zero-order chi connectivity index (χ0) is 20.1. The molecule has 0 saturated carbocycles. The van der Waals surface area contributed by atoms with E-state index < -0.39 is 12.0 Å². The number of carbonyl (C=O) groups excluding carboxylic acids is 1. The van der Waals surface area contributed by atoms with E-state index in [2.05, 4.69) is 10.3 Å². The molecule has 0 amide bonds. The maximum absolute atomic E-state index is 11.7. The SMILES string of the molecule is CSc1ncc(CO)n1Cc1ccc(NC(C(=O)[O-])c2ccccc2C)cc1.[Na+]. The Kier molecular flexibility index (Phi) is 8.79. The number of anilines is 1. The summed E-state index contributed by atoms with van der Waals surface area (Å²) < 4.78 is 1.96. The number of thioether (sulfide) groups is 1. The second-order valence-electron chi connectivity index (χ2n) is 6.43. The Hall–Kier alpha value is -1.77. The van der Waals surface area contributed by atoms with Crippen molar-refractivity contribution >= 4 is 23.4 Å². The quantitative estimate of drug-likeness (QED) is 0.373. The van der Waals surface area contributed by atoms with Crippen LogP contribution in [0.25, 0.3) is 0 Å². The van der Waals surface area contributed by atoms with E-state index in [1.807, 2.05) is 60.2 Å². The molecule has 2 aromatic carbocycles. The average molecular weight is 419 g/mol. The summed E-state index contributed by atoms with van der Waals surface area (Å²) in [5.41, 5.74) is 4.04. The molecule has 8 heteroatoms. The molecule has 3 aromatic rings. The van der Waals surface area contributed by atoms with Gasteiger partial charge in [-0.05, 0) is 42.0 Å². The van der Waals surface area contributed by atoms with E-state index in [1.165, 1.54) is 11.8 Å². The van der Waals surface area contributed by atoms with Gasteiger partial charge < -0.3 is 24.9 Å². The molecule has 0 aliphatic rings. The molecule has 1 heterocycles. The summed E-state index contributed by atoms with van der Waals surface area (Å²) in [7, 11) is 0. The van der Waals surface area contributed by atoms with Crippen LogP contribution in [0.1, 0.15) is 28.4 Å². The Morgan fingerprint density at radius 2 is 1.93 bits per heavy atom. The second kappa shape index (κ2) is 10.8. The molecule has 0 bridgehead atoms. The van der Waals surface area contributed by atoms with Crippen LogP contribution in [0.4, 0.5) is 5.69 Å². The molecule has 1 unspecified atom stereocenters. The predicted octanol–water partition coefficient (Wildman–Crippen LogP) is -0.639. The van der Waals surface area contributed by atoms with E-state index in [4.69, 9.17) is 0 Å². The van der Waals surface area contributed by atoms with Crippen LogP contribution >= 0.6 is 11.8 Å². The molecule has 0 aliphatic heterocycles. The molecular weight excluding hydrogens is 397 g/mol. The number of nitrogens with one attached hydrogen (secondary N) is 1. The number of aliphatic hydroxyl groups is 1. The van der Waals surface area contributed by atoms with Crippen LogP contribution in [0.2, 0.25) is 0 Å². The molecule has 0 radical (unpaired) electrons. The van der Waals surface area contributed by atoms with Gasteiger partial charge in [0.1, 0.15) is 0 Å². The molecule has 1 atom stereocenters. The third kappa shape index (κ3) is 5.65. The summed E-state index contributed by atoms with van der Waals surface area (Å²) in [4.78, 5) is 16.0. The zero-order valence-corrected chi connectivity index (χ0v) is 19.6. The van der Waals surface area contributed by atoms with Crippen molar-refractivity contribution in [2.75, 3.05) is 11.6 Å². The van der Waals surface area contributed by atoms with Crippen molar-refractivity contribution in [3.63, 3.8) is 0 Å². The summed E-state index contributed by atoms with van der Waals surface area (Å²) in [6.07, 6.45) is 3.62. The van der Waals surface area contributed by atoms with E-state index in [0.29, 0.717) is 17.8 Å². The number of carboxylic acids is 1. The van der Waals surface area contributed by atoms with Crippen molar-refractivity contribution in [1.82, 2.24) is 9.55 Å². The normalized spacial score (nSPS) is 11.6. The largest absolute Gasteiger partial charge is 1.00 e. The number of aromatic nitrogens is 2. The van der Waals surface area contributed by atoms with Gasteiger partial charge in [-0.15, -0.1) is 0 Å². The van der Waals surface area contributed by atoms with Gasteiger partial charge in [-0.1, -0.05) is 48.2 Å². The summed E-state index contributed by atoms with van der Waals surface area (Å²) in [6.45, 7) is 2.38. The first kappa shape index (κ1) is 23.5. The first-order valence-electron chi connectivity index (χ1n) is 8.84. The number of hydrogen-bond acceptors (Lipinski definition) is 6. The molecule has 3 rings (SSSR count). The molecule has 0 fully saturated rings. The third-order valence-corrected chi connectivity index (χ3v) is 5.28. The molecular formula is C21H22N3NaO3S. The smallest absolute Gasteiger partial charge is 0.548 e. The number of imidazole rings is 1. The first-order valence-corrected chi connectivity index (χ1v) is 10.1. The Morgan fingerprint density at radius 3 is 2.52 bits per heavy atom. The van der Waals surface area contributed by atoms with Gasteiger partial charge in [-0.3, -0.25) is 0 Å². The number of carbonyl (C=O) groups is 1. The van der Waals surface area contributed by atoms with E-state index in [0.717, 1.165) is 22.0 Å². The molecule has 0 saturated heterocycles. The van der Waals surface area contributed by atoms with Gasteiger partial charge in [-0.25, -0.2) is 4.98 Å². The summed E-state index contributed by atoms with van der Waals surface area (Å²) in [5.74, 6) is -1.17.